The number of carbonyl (C=O) groups excluding carboxylic acids is 10. The third kappa shape index (κ3) is 34.5. The van der Waals surface area contributed by atoms with Gasteiger partial charge in [-0.2, -0.15) is 0 Å². The van der Waals surface area contributed by atoms with Crippen LogP contribution < -0.4 is 119 Å². The van der Waals surface area contributed by atoms with E-state index < -0.39 is 96.4 Å². The molecule has 38 nitrogen and oxygen atoms in total. The lowest BCUT2D eigenvalue weighted by Crippen LogP contribution is -2.56. The highest BCUT2D eigenvalue weighted by molar-refractivity contribution is 5.85. The molecule has 0 saturated heterocycles. The van der Waals surface area contributed by atoms with Crippen LogP contribution in [0.5, 0.6) is 0 Å². The van der Waals surface area contributed by atoms with Crippen LogP contribution in [0.3, 0.4) is 0 Å². The van der Waals surface area contributed by atoms with Crippen molar-refractivity contribution < 1.29 is 47.9 Å². The van der Waals surface area contributed by atoms with Gasteiger partial charge in [-0.1, -0.05) is 77.9 Å². The number of para-hydroxylation sites is 2. The first-order chi connectivity index (χ1) is 52.3. The molecule has 0 radical (unpaired) electrons. The summed E-state index contributed by atoms with van der Waals surface area (Å²) in [5.74, 6) is -0.967. The van der Waals surface area contributed by atoms with E-state index in [1.165, 1.54) is 17.1 Å². The third-order valence-corrected chi connectivity index (χ3v) is 17.7. The summed E-state index contributed by atoms with van der Waals surface area (Å²) < 4.78 is 1.29. The molecule has 5 rings (SSSR count). The van der Waals surface area contributed by atoms with Gasteiger partial charge in [-0.3, -0.25) is 19.3 Å². The number of benzene rings is 2. The van der Waals surface area contributed by atoms with Crippen LogP contribution in [0.2, 0.25) is 0 Å². The maximum atomic E-state index is 14.1. The fraction of sp³-hybridized carbons (Fsp3) is 0.569. The second-order valence-electron chi connectivity index (χ2n) is 28.9. The van der Waals surface area contributed by atoms with Crippen molar-refractivity contribution in [2.75, 3.05) is 58.9 Å². The van der Waals surface area contributed by atoms with E-state index >= 15 is 0 Å². The highest BCUT2D eigenvalue weighted by Crippen LogP contribution is 2.21. The van der Waals surface area contributed by atoms with Crippen LogP contribution >= 0.6 is 0 Å². The minimum absolute atomic E-state index is 0.00303. The van der Waals surface area contributed by atoms with Gasteiger partial charge in [-0.05, 0) is 114 Å². The minimum atomic E-state index is -0.772. The molecule has 110 heavy (non-hydrogen) atoms. The van der Waals surface area contributed by atoms with Gasteiger partial charge in [-0.25, -0.2) is 48.1 Å². The van der Waals surface area contributed by atoms with Crippen molar-refractivity contribution in [3.05, 3.63) is 90.3 Å². The van der Waals surface area contributed by atoms with Gasteiger partial charge in [0, 0.05) is 142 Å². The number of nitrogens with two attached hydrogens (primary N) is 5. The Morgan fingerprint density at radius 1 is 0.409 bits per heavy atom. The summed E-state index contributed by atoms with van der Waals surface area (Å²) in [6.07, 6.45) is 9.13. The Bertz CT molecular complexity index is 3800. The second-order valence-corrected chi connectivity index (χ2v) is 28.9. The minimum Gasteiger partial charge on any atom is -0.370 e. The van der Waals surface area contributed by atoms with E-state index in [4.69, 9.17) is 28.7 Å². The lowest BCUT2D eigenvalue weighted by Gasteiger charge is -2.26. The van der Waals surface area contributed by atoms with E-state index in [-0.39, 0.29) is 138 Å². The summed E-state index contributed by atoms with van der Waals surface area (Å²) in [5, 5.41) is 50.9. The molecule has 0 saturated carbocycles. The lowest BCUT2D eigenvalue weighted by molar-refractivity contribution is -0.118. The van der Waals surface area contributed by atoms with Crippen LogP contribution in [0.1, 0.15) is 125 Å². The average Bonchev–Trinajstić information content (AvgIpc) is 1.68. The van der Waals surface area contributed by atoms with Crippen LogP contribution in [0.4, 0.5) is 43.2 Å². The van der Waals surface area contributed by atoms with Crippen LogP contribution in [0, 0.1) is 17.8 Å². The number of H-pyrrole nitrogens is 2. The number of fused-ring (bicyclic) bond motifs is 2. The molecule has 0 bridgehead atoms. The van der Waals surface area contributed by atoms with Gasteiger partial charge in [0.05, 0.1) is 35.9 Å². The molecule has 38 heteroatoms. The number of hydrogen-bond donors (Lipinski definition) is 24. The molecule has 0 unspecified atom stereocenters. The number of hydrogen-bond acceptors (Lipinski definition) is 13. The van der Waals surface area contributed by atoms with Crippen LogP contribution in [-0.2, 0) is 24.1 Å². The summed E-state index contributed by atoms with van der Waals surface area (Å²) >= 11 is 0. The molecule has 8 atom stereocenters. The normalized spacial score (nSPS) is 13.4. The van der Waals surface area contributed by atoms with Crippen LogP contribution in [0.25, 0.3) is 21.8 Å². The number of aromatic amines is 2. The monoisotopic (exact) mass is 1540 g/mol. The van der Waals surface area contributed by atoms with Crippen LogP contribution in [-0.4, -0.2) is 211 Å². The molecule has 3 aromatic heterocycles. The zero-order chi connectivity index (χ0) is 80.8. The van der Waals surface area contributed by atoms with Crippen molar-refractivity contribution in [2.24, 2.45) is 56.4 Å². The maximum absolute atomic E-state index is 14.1. The first-order valence-corrected chi connectivity index (χ1v) is 37.5. The van der Waals surface area contributed by atoms with Gasteiger partial charge in [0.2, 0.25) is 5.91 Å². The van der Waals surface area contributed by atoms with Gasteiger partial charge in [0.1, 0.15) is 6.33 Å². The topological polar surface area (TPSA) is 579 Å². The zero-order valence-electron chi connectivity index (χ0n) is 64.9. The SMILES string of the molecule is CC(C)NC(=O)N[C@H](CNC(=O)N[C@H](CNC(=O)N[C@H](CNC(=O)N[C@H](CNC(=O)N[C@@H](CCCN=C(N)N)CNC(=O)N[C@H](CNC(=O)N[C@@H](CCCN=C(N)N)CNC(=O)N[C@H](CCC(N)=O)C(C)C)Cc1c[nH]c2ccccc12)C(C)C)Cc1c[nH]c2ccccc12)Cc1cn(C(=O)NC(C)C)cn1)C(C)C. The summed E-state index contributed by atoms with van der Waals surface area (Å²) in [7, 11) is 0. The predicted octanol–water partition coefficient (Wildman–Crippen LogP) is 1.93. The number of nitrogens with zero attached hydrogens (tertiary/aromatic N) is 4. The standard InChI is InChI=1S/C72H120N28O10/c1-41(2)56(23-24-61(73)101)97-69(107)83-33-49(18-16-26-79-63(76)77)92-64(102)84-34-50(27-46-30-80-57-21-13-11-19-54(46)57)94-65(103)82-32-48(17-15-25-78-62(74)75)93-67(105)87-37-59(42(3)4)98-70(108)86-35-51(28-47-31-81-58-22-14-12-20-55(47)58)95-66(104)85-36-52(29-53-39-100(40-89-53)72(110)91-45(9)10)96-68(106)88-38-60(43(5)6)99-71(109)90-44(7)8/h11-14,19-22,30-31,39-45,48-52,56,59-60,80-81H,15-18,23-29,32-38H2,1-10H3,(H2,73,101)(H,91,110)(H4,74,75,78)(H4,76,77,79)(H2,82,94,103)(H2,83,97,107)(H2,84,92,102)(H2,85,95,104)(H2,86,98,108)(H2,87,93,105)(H2,88,96,106)(H2,90,99,109)/t48-,49-,50-,51-,52-,56+,59+,60+/m0/s1. The molecule has 2 aromatic carbocycles. The Kier molecular flexibility index (Phi) is 37.7. The highest BCUT2D eigenvalue weighted by atomic mass is 16.2. The molecule has 0 spiro atoms. The Labute approximate surface area is 642 Å². The number of rotatable bonds is 44. The Hall–Kier alpha value is -11.6. The van der Waals surface area contributed by atoms with Crippen molar-refractivity contribution in [3.63, 3.8) is 0 Å². The zero-order valence-corrected chi connectivity index (χ0v) is 64.9. The van der Waals surface area contributed by atoms with Crippen molar-refractivity contribution in [1.82, 2.24) is 110 Å². The largest absolute Gasteiger partial charge is 0.370 e. The fourth-order valence-electron chi connectivity index (χ4n) is 11.7. The van der Waals surface area contributed by atoms with E-state index in [1.807, 2.05) is 130 Å². The van der Waals surface area contributed by atoms with Crippen molar-refractivity contribution >= 4 is 93.9 Å². The van der Waals surface area contributed by atoms with E-state index in [2.05, 4.69) is 115 Å². The number of amides is 18. The number of urea groups is 8. The van der Waals surface area contributed by atoms with Crippen molar-refractivity contribution in [1.29, 1.82) is 0 Å². The van der Waals surface area contributed by atoms with Gasteiger partial charge >= 0.3 is 54.3 Å². The summed E-state index contributed by atoms with van der Waals surface area (Å²) in [5.41, 5.74) is 31.6. The highest BCUT2D eigenvalue weighted by Gasteiger charge is 2.27. The third-order valence-electron chi connectivity index (χ3n) is 17.7. The average molecular weight is 1540 g/mol. The van der Waals surface area contributed by atoms with Gasteiger partial charge < -0.3 is 129 Å². The molecule has 29 N–H and O–H groups in total. The van der Waals surface area contributed by atoms with Gasteiger partial charge in [-0.15, -0.1) is 0 Å². The van der Waals surface area contributed by atoms with Crippen LogP contribution in [0.15, 0.2) is 83.4 Å². The van der Waals surface area contributed by atoms with E-state index in [1.54, 1.807) is 0 Å². The van der Waals surface area contributed by atoms with Gasteiger partial charge in [0.15, 0.2) is 11.9 Å². The predicted molar refractivity (Wildman–Crippen MR) is 425 cm³/mol. The lowest BCUT2D eigenvalue weighted by atomic mass is 9.99. The molecule has 0 aliphatic rings. The number of aromatic nitrogens is 4. The molecular formula is C72H120N28O10. The summed E-state index contributed by atoms with van der Waals surface area (Å²) in [6, 6.07) is 5.26. The number of aliphatic imine (C=N–C) groups is 2. The fourth-order valence-corrected chi connectivity index (χ4v) is 11.7. The van der Waals surface area contributed by atoms with Crippen molar-refractivity contribution in [3.8, 4) is 0 Å². The number of guanidine groups is 2. The number of carbonyl (C=O) groups is 10. The molecule has 0 aliphatic heterocycles. The first kappa shape index (κ1) is 89.0. The number of imidazole rings is 1. The smallest absolute Gasteiger partial charge is 0.327 e. The number of nitrogens with one attached hydrogen (secondary N) is 19. The Balaban J connectivity index is 1.23. The quantitative estimate of drug-likeness (QED) is 0.0151. The first-order valence-electron chi connectivity index (χ1n) is 37.5. The molecule has 5 aromatic rings. The molecular weight excluding hydrogens is 1420 g/mol. The number of primary amides is 1. The summed E-state index contributed by atoms with van der Waals surface area (Å²) in [6.45, 7) is 18.9. The maximum Gasteiger partial charge on any atom is 0.327 e. The molecule has 18 amide bonds. The molecule has 0 aliphatic carbocycles. The molecule has 0 fully saturated rings. The van der Waals surface area contributed by atoms with Gasteiger partial charge in [0.25, 0.3) is 0 Å². The van der Waals surface area contributed by atoms with E-state index in [9.17, 15) is 47.9 Å². The van der Waals surface area contributed by atoms with E-state index in [0.717, 1.165) is 32.9 Å². The van der Waals surface area contributed by atoms with E-state index in [0.29, 0.717) is 37.8 Å². The Morgan fingerprint density at radius 2 is 0.764 bits per heavy atom. The Morgan fingerprint density at radius 3 is 1.15 bits per heavy atom. The van der Waals surface area contributed by atoms with Crippen molar-refractivity contribution in [2.45, 2.75) is 187 Å². The second kappa shape index (κ2) is 46.6. The summed E-state index contributed by atoms with van der Waals surface area (Å²) in [4.78, 5) is 152. The molecule has 608 valence electrons. The molecule has 3 heterocycles.